The average molecular weight is 558 g/mol. The number of nitrogens with one attached hydrogen (secondary N) is 1. The molecule has 0 aliphatic rings. The van der Waals surface area contributed by atoms with E-state index >= 15 is 0 Å². The van der Waals surface area contributed by atoms with E-state index in [9.17, 15) is 29.3 Å². The van der Waals surface area contributed by atoms with Crippen LogP contribution in [-0.2, 0) is 11.3 Å². The van der Waals surface area contributed by atoms with Crippen molar-refractivity contribution >= 4 is 17.6 Å². The number of aliphatic hydroxyl groups is 2. The molecule has 0 aliphatic heterocycles. The number of nitrogens with zero attached hydrogens (tertiary/aromatic N) is 1. The topological polar surface area (TPSA) is 115 Å². The van der Waals surface area contributed by atoms with E-state index in [2.05, 4.69) is 5.32 Å². The van der Waals surface area contributed by atoms with Crippen molar-refractivity contribution in [3.63, 3.8) is 0 Å². The van der Waals surface area contributed by atoms with Gasteiger partial charge in [0, 0.05) is 35.9 Å². The number of carbonyl (C=O) groups is 2. The van der Waals surface area contributed by atoms with Gasteiger partial charge in [0.15, 0.2) is 0 Å². The number of benzene rings is 3. The SMILES string of the molecule is CC(C)c1c(C(=O)Nc2ccccc2)c(-c2ccccc2)c(-c2ccc(F)cc2)n1CC[C@@H](O)CC(O)CC(=O)[O-]. The van der Waals surface area contributed by atoms with E-state index in [0.29, 0.717) is 28.1 Å². The van der Waals surface area contributed by atoms with Crippen molar-refractivity contribution < 1.29 is 29.3 Å². The highest BCUT2D eigenvalue weighted by molar-refractivity contribution is 6.12. The Morgan fingerprint density at radius 2 is 1.49 bits per heavy atom. The number of hydrogen-bond donors (Lipinski definition) is 3. The summed E-state index contributed by atoms with van der Waals surface area (Å²) >= 11 is 0. The quantitative estimate of drug-likeness (QED) is 0.227. The molecular weight excluding hydrogens is 523 g/mol. The maximum atomic E-state index is 14.0. The molecule has 4 rings (SSSR count). The Hall–Kier alpha value is -4.27. The minimum absolute atomic E-state index is 0.121. The zero-order chi connectivity index (χ0) is 29.5. The van der Waals surface area contributed by atoms with E-state index < -0.39 is 30.4 Å². The van der Waals surface area contributed by atoms with Crippen molar-refractivity contribution in [2.75, 3.05) is 5.32 Å². The van der Waals surface area contributed by atoms with Gasteiger partial charge in [0.1, 0.15) is 5.82 Å². The summed E-state index contributed by atoms with van der Waals surface area (Å²) in [7, 11) is 0. The molecule has 3 aromatic carbocycles. The largest absolute Gasteiger partial charge is 0.550 e. The van der Waals surface area contributed by atoms with Crippen molar-refractivity contribution in [2.45, 2.75) is 57.8 Å². The number of halogens is 1. The van der Waals surface area contributed by atoms with Crippen LogP contribution in [0.2, 0.25) is 0 Å². The molecule has 1 amide bonds. The predicted molar refractivity (Wildman–Crippen MR) is 155 cm³/mol. The third-order valence-corrected chi connectivity index (χ3v) is 6.92. The maximum Gasteiger partial charge on any atom is 0.258 e. The van der Waals surface area contributed by atoms with Gasteiger partial charge in [-0.05, 0) is 66.3 Å². The fourth-order valence-corrected chi connectivity index (χ4v) is 5.19. The third-order valence-electron chi connectivity index (χ3n) is 6.92. The number of amides is 1. The van der Waals surface area contributed by atoms with Crippen LogP contribution in [0.4, 0.5) is 10.1 Å². The first-order chi connectivity index (χ1) is 19.7. The first kappa shape index (κ1) is 29.7. The number of carboxylic acid groups (broad SMARTS) is 1. The Kier molecular flexibility index (Phi) is 9.70. The molecule has 0 saturated heterocycles. The molecule has 214 valence electrons. The second-order valence-electron chi connectivity index (χ2n) is 10.4. The van der Waals surface area contributed by atoms with Gasteiger partial charge < -0.3 is 30.0 Å². The van der Waals surface area contributed by atoms with Gasteiger partial charge in [0.05, 0.1) is 23.5 Å². The molecule has 0 radical (unpaired) electrons. The summed E-state index contributed by atoms with van der Waals surface area (Å²) in [4.78, 5) is 24.9. The van der Waals surface area contributed by atoms with Crippen LogP contribution in [-0.4, -0.2) is 38.9 Å². The molecule has 3 N–H and O–H groups in total. The summed E-state index contributed by atoms with van der Waals surface area (Å²) in [5.74, 6) is -2.20. The zero-order valence-electron chi connectivity index (χ0n) is 23.1. The Balaban J connectivity index is 1.89. The highest BCUT2D eigenvalue weighted by Gasteiger charge is 2.30. The molecule has 8 heteroatoms. The number of aliphatic hydroxyl groups excluding tert-OH is 2. The number of para-hydroxylation sites is 1. The van der Waals surface area contributed by atoms with E-state index in [4.69, 9.17) is 0 Å². The lowest BCUT2D eigenvalue weighted by molar-refractivity contribution is -0.307. The second-order valence-corrected chi connectivity index (χ2v) is 10.4. The fourth-order valence-electron chi connectivity index (χ4n) is 5.19. The van der Waals surface area contributed by atoms with Crippen molar-refractivity contribution in [3.8, 4) is 22.4 Å². The van der Waals surface area contributed by atoms with E-state index in [0.717, 1.165) is 11.3 Å². The standard InChI is InChI=1S/C33H35FN2O5/c1-21(2)31-30(33(41)35-25-11-7-4-8-12-25)29(22-9-5-3-6-10-22)32(23-13-15-24(34)16-14-23)36(31)18-17-26(37)19-27(38)20-28(39)40/h3-16,21,26-27,37-38H,17-20H2,1-2H3,(H,35,41)(H,39,40)/p-1/t26-,27?/m1/s1. The Bertz CT molecular complexity index is 1470. The Morgan fingerprint density at radius 1 is 0.878 bits per heavy atom. The van der Waals surface area contributed by atoms with Gasteiger partial charge in [-0.3, -0.25) is 4.79 Å². The Labute approximate surface area is 238 Å². The minimum atomic E-state index is -1.39. The molecule has 0 bridgehead atoms. The molecule has 0 fully saturated rings. The molecule has 1 aromatic heterocycles. The number of aromatic nitrogens is 1. The van der Waals surface area contributed by atoms with Crippen LogP contribution in [0.5, 0.6) is 0 Å². The van der Waals surface area contributed by atoms with Gasteiger partial charge in [-0.25, -0.2) is 4.39 Å². The number of rotatable bonds is 12. The van der Waals surface area contributed by atoms with Gasteiger partial charge in [0.25, 0.3) is 5.91 Å². The van der Waals surface area contributed by atoms with Crippen LogP contribution in [0.25, 0.3) is 22.4 Å². The molecule has 1 heterocycles. The van der Waals surface area contributed by atoms with Crippen LogP contribution in [0, 0.1) is 5.82 Å². The van der Waals surface area contributed by atoms with Crippen molar-refractivity contribution in [1.29, 1.82) is 0 Å². The van der Waals surface area contributed by atoms with Gasteiger partial charge in [-0.2, -0.15) is 0 Å². The molecule has 41 heavy (non-hydrogen) atoms. The number of aliphatic carboxylic acids is 1. The zero-order valence-corrected chi connectivity index (χ0v) is 23.1. The highest BCUT2D eigenvalue weighted by atomic mass is 19.1. The smallest absolute Gasteiger partial charge is 0.258 e. The minimum Gasteiger partial charge on any atom is -0.550 e. The number of carbonyl (C=O) groups excluding carboxylic acids is 2. The van der Waals surface area contributed by atoms with Crippen LogP contribution in [0.15, 0.2) is 84.9 Å². The van der Waals surface area contributed by atoms with E-state index in [-0.39, 0.29) is 31.2 Å². The normalized spacial score (nSPS) is 12.7. The molecule has 7 nitrogen and oxygen atoms in total. The molecule has 2 atom stereocenters. The summed E-state index contributed by atoms with van der Waals surface area (Å²) in [6, 6.07) is 24.7. The average Bonchev–Trinajstić information content (AvgIpc) is 3.28. The summed E-state index contributed by atoms with van der Waals surface area (Å²) in [5, 5.41) is 34.6. The third kappa shape index (κ3) is 7.28. The van der Waals surface area contributed by atoms with Crippen LogP contribution >= 0.6 is 0 Å². The molecular formula is C33H34FN2O5-. The van der Waals surface area contributed by atoms with E-state index in [1.165, 1.54) is 12.1 Å². The summed E-state index contributed by atoms with van der Waals surface area (Å²) < 4.78 is 16.0. The fraction of sp³-hybridized carbons (Fsp3) is 0.273. The van der Waals surface area contributed by atoms with Gasteiger partial charge in [-0.15, -0.1) is 0 Å². The summed E-state index contributed by atoms with van der Waals surface area (Å²) in [5.41, 5.74) is 4.72. The summed E-state index contributed by atoms with van der Waals surface area (Å²) in [6.45, 7) is 4.22. The lowest BCUT2D eigenvalue weighted by Gasteiger charge is -2.20. The molecule has 1 unspecified atom stereocenters. The van der Waals surface area contributed by atoms with Crippen molar-refractivity contribution in [2.24, 2.45) is 0 Å². The van der Waals surface area contributed by atoms with Gasteiger partial charge >= 0.3 is 0 Å². The Morgan fingerprint density at radius 3 is 2.07 bits per heavy atom. The molecule has 0 spiro atoms. The predicted octanol–water partition coefficient (Wildman–Crippen LogP) is 4.98. The second kappa shape index (κ2) is 13.4. The van der Waals surface area contributed by atoms with Crippen molar-refractivity contribution in [3.05, 3.63) is 102 Å². The number of carboxylic acids is 1. The van der Waals surface area contributed by atoms with E-state index in [1.54, 1.807) is 24.3 Å². The lowest BCUT2D eigenvalue weighted by atomic mass is 9.94. The first-order valence-electron chi connectivity index (χ1n) is 13.7. The monoisotopic (exact) mass is 557 g/mol. The maximum absolute atomic E-state index is 14.0. The van der Waals surface area contributed by atoms with Gasteiger partial charge in [-0.1, -0.05) is 62.4 Å². The summed E-state index contributed by atoms with van der Waals surface area (Å²) in [6.07, 6.45) is -2.77. The van der Waals surface area contributed by atoms with Crippen molar-refractivity contribution in [1.82, 2.24) is 4.57 Å². The lowest BCUT2D eigenvalue weighted by Crippen LogP contribution is -2.29. The van der Waals surface area contributed by atoms with Gasteiger partial charge in [0.2, 0.25) is 0 Å². The van der Waals surface area contributed by atoms with Crippen LogP contribution < -0.4 is 10.4 Å². The van der Waals surface area contributed by atoms with Crippen LogP contribution in [0.3, 0.4) is 0 Å². The molecule has 0 aliphatic carbocycles. The molecule has 4 aromatic rings. The highest BCUT2D eigenvalue weighted by Crippen LogP contribution is 2.42. The van der Waals surface area contributed by atoms with E-state index in [1.807, 2.05) is 66.9 Å². The molecule has 0 saturated carbocycles. The number of hydrogen-bond acceptors (Lipinski definition) is 5. The first-order valence-corrected chi connectivity index (χ1v) is 13.7. The van der Waals surface area contributed by atoms with Crippen LogP contribution in [0.1, 0.15) is 55.1 Å². The number of anilines is 1.